The van der Waals surface area contributed by atoms with Crippen LogP contribution in [0, 0.1) is 0 Å². The van der Waals surface area contributed by atoms with Gasteiger partial charge in [0.15, 0.2) is 4.90 Å². The third-order valence-corrected chi connectivity index (χ3v) is 5.49. The summed E-state index contributed by atoms with van der Waals surface area (Å²) in [6, 6.07) is 18.1. The fourth-order valence-electron chi connectivity index (χ4n) is 2.68. The van der Waals surface area contributed by atoms with Crippen molar-refractivity contribution in [3.63, 3.8) is 0 Å². The van der Waals surface area contributed by atoms with Gasteiger partial charge in [-0.05, 0) is 48.9 Å². The van der Waals surface area contributed by atoms with Crippen LogP contribution >= 0.6 is 0 Å². The molecular formula is C21H28N2O2S. The van der Waals surface area contributed by atoms with E-state index in [0.29, 0.717) is 13.0 Å². The van der Waals surface area contributed by atoms with Gasteiger partial charge in [-0.2, -0.15) is 0 Å². The maximum atomic E-state index is 12.0. The van der Waals surface area contributed by atoms with Gasteiger partial charge < -0.3 is 9.87 Å². The molecule has 1 N–H and O–H groups in total. The maximum absolute atomic E-state index is 12.0. The monoisotopic (exact) mass is 372 g/mol. The first-order valence-corrected chi connectivity index (χ1v) is 10.2. The summed E-state index contributed by atoms with van der Waals surface area (Å²) >= 11 is -1.11. The number of hydrogen-bond acceptors (Lipinski definition) is 3. The van der Waals surface area contributed by atoms with E-state index in [4.69, 9.17) is 0 Å². The largest absolute Gasteiger partial charge is 0.593 e. The minimum absolute atomic E-state index is 0.114. The third-order valence-electron chi connectivity index (χ3n) is 4.15. The molecule has 0 aliphatic rings. The lowest BCUT2D eigenvalue weighted by Crippen LogP contribution is -2.25. The molecule has 2 rings (SSSR count). The zero-order valence-corrected chi connectivity index (χ0v) is 16.4. The smallest absolute Gasteiger partial charge is 0.220 e. The predicted molar refractivity (Wildman–Crippen MR) is 107 cm³/mol. The molecule has 2 aromatic rings. The zero-order valence-electron chi connectivity index (χ0n) is 15.6. The first-order chi connectivity index (χ1) is 12.6. The highest BCUT2D eigenvalue weighted by Crippen LogP contribution is 2.14. The molecule has 0 unspecified atom stereocenters. The molecule has 0 aliphatic carbocycles. The quantitative estimate of drug-likeness (QED) is 0.514. The van der Waals surface area contributed by atoms with Gasteiger partial charge in [-0.15, -0.1) is 4.31 Å². The zero-order chi connectivity index (χ0) is 18.8. The maximum Gasteiger partial charge on any atom is 0.220 e. The van der Waals surface area contributed by atoms with Gasteiger partial charge in [0.25, 0.3) is 0 Å². The van der Waals surface area contributed by atoms with Crippen LogP contribution in [0.25, 0.3) is 0 Å². The second-order valence-electron chi connectivity index (χ2n) is 6.50. The van der Waals surface area contributed by atoms with E-state index in [9.17, 15) is 9.35 Å². The summed E-state index contributed by atoms with van der Waals surface area (Å²) < 4.78 is 13.6. The molecule has 140 valence electrons. The first-order valence-electron chi connectivity index (χ1n) is 9.05. The number of nitrogens with zero attached hydrogens (tertiary/aromatic N) is 1. The molecule has 0 radical (unpaired) electrons. The van der Waals surface area contributed by atoms with E-state index in [1.807, 2.05) is 42.5 Å². The predicted octanol–water partition coefficient (Wildman–Crippen LogP) is 3.34. The van der Waals surface area contributed by atoms with Gasteiger partial charge in [-0.25, -0.2) is 0 Å². The van der Waals surface area contributed by atoms with Crippen LogP contribution < -0.4 is 5.32 Å². The van der Waals surface area contributed by atoms with Crippen LogP contribution in [0.1, 0.15) is 30.4 Å². The minimum Gasteiger partial charge on any atom is -0.593 e. The second kappa shape index (κ2) is 11.0. The van der Waals surface area contributed by atoms with E-state index in [1.54, 1.807) is 18.4 Å². The second-order valence-corrected chi connectivity index (χ2v) is 8.20. The van der Waals surface area contributed by atoms with E-state index >= 15 is 0 Å². The molecule has 1 atom stereocenters. The van der Waals surface area contributed by atoms with Crippen LogP contribution in [0.15, 0.2) is 59.5 Å². The van der Waals surface area contributed by atoms with Crippen LogP contribution in [0.4, 0.5) is 0 Å². The molecule has 0 bridgehead atoms. The Morgan fingerprint density at radius 1 is 0.962 bits per heavy atom. The van der Waals surface area contributed by atoms with Crippen molar-refractivity contribution in [2.45, 2.75) is 37.0 Å². The molecule has 0 fully saturated rings. The SMILES string of the molecule is CN(C)[S@+]([O-])c1ccc(CCNC(=O)CCCCc2ccccc2)cc1. The van der Waals surface area contributed by atoms with E-state index < -0.39 is 11.4 Å². The van der Waals surface area contributed by atoms with Crippen LogP contribution in [-0.4, -0.2) is 35.4 Å². The summed E-state index contributed by atoms with van der Waals surface area (Å²) in [6.07, 6.45) is 4.32. The lowest BCUT2D eigenvalue weighted by atomic mass is 10.1. The van der Waals surface area contributed by atoms with Crippen LogP contribution in [0.3, 0.4) is 0 Å². The summed E-state index contributed by atoms with van der Waals surface area (Å²) in [5, 5.41) is 2.98. The lowest BCUT2D eigenvalue weighted by Gasteiger charge is -2.15. The molecular weight excluding hydrogens is 344 g/mol. The highest BCUT2D eigenvalue weighted by molar-refractivity contribution is 7.89. The molecule has 1 amide bonds. The topological polar surface area (TPSA) is 55.4 Å². The summed E-state index contributed by atoms with van der Waals surface area (Å²) in [5.74, 6) is 0.114. The first kappa shape index (κ1) is 20.5. The number of rotatable bonds is 10. The molecule has 4 nitrogen and oxygen atoms in total. The highest BCUT2D eigenvalue weighted by atomic mass is 32.2. The molecule has 26 heavy (non-hydrogen) atoms. The van der Waals surface area contributed by atoms with Crippen LogP contribution in [-0.2, 0) is 29.0 Å². The fourth-order valence-corrected chi connectivity index (χ4v) is 3.47. The van der Waals surface area contributed by atoms with Crippen molar-refractivity contribution in [1.82, 2.24) is 9.62 Å². The van der Waals surface area contributed by atoms with E-state index in [1.165, 1.54) is 5.56 Å². The Hall–Kier alpha value is -1.82. The molecule has 5 heteroatoms. The number of benzene rings is 2. The molecule has 0 spiro atoms. The summed E-state index contributed by atoms with van der Waals surface area (Å²) in [7, 11) is 3.58. The Morgan fingerprint density at radius 2 is 1.62 bits per heavy atom. The van der Waals surface area contributed by atoms with Gasteiger partial charge in [0.1, 0.15) is 0 Å². The number of amides is 1. The minimum atomic E-state index is -1.11. The fraction of sp³-hybridized carbons (Fsp3) is 0.381. The van der Waals surface area contributed by atoms with Crippen molar-refractivity contribution < 1.29 is 9.35 Å². The van der Waals surface area contributed by atoms with Gasteiger partial charge in [0.05, 0.1) is 11.4 Å². The summed E-state index contributed by atoms with van der Waals surface area (Å²) in [6.45, 7) is 0.633. The lowest BCUT2D eigenvalue weighted by molar-refractivity contribution is -0.121. The van der Waals surface area contributed by atoms with Crippen molar-refractivity contribution in [3.8, 4) is 0 Å². The van der Waals surface area contributed by atoms with Crippen molar-refractivity contribution in [1.29, 1.82) is 0 Å². The van der Waals surface area contributed by atoms with Crippen LogP contribution in [0.2, 0.25) is 0 Å². The van der Waals surface area contributed by atoms with Crippen molar-refractivity contribution in [2.75, 3.05) is 20.6 Å². The average Bonchev–Trinajstić information content (AvgIpc) is 2.66. The van der Waals surface area contributed by atoms with E-state index in [-0.39, 0.29) is 5.91 Å². The van der Waals surface area contributed by atoms with Gasteiger partial charge in [-0.1, -0.05) is 42.5 Å². The number of aryl methyl sites for hydroxylation is 1. The standard InChI is InChI=1S/C21H28N2O2S/c1-23(2)26(25)20-14-12-19(13-15-20)16-17-22-21(24)11-7-6-10-18-8-4-3-5-9-18/h3-5,8-9,12-15H,6-7,10-11,16-17H2,1-2H3,(H,22,24)/t26-/m1/s1. The molecule has 0 saturated heterocycles. The number of carbonyl (C=O) groups is 1. The van der Waals surface area contributed by atoms with E-state index in [0.717, 1.165) is 36.1 Å². The van der Waals surface area contributed by atoms with Gasteiger partial charge >= 0.3 is 0 Å². The van der Waals surface area contributed by atoms with Crippen molar-refractivity contribution >= 4 is 17.3 Å². The number of nitrogens with one attached hydrogen (secondary N) is 1. The Balaban J connectivity index is 1.60. The van der Waals surface area contributed by atoms with Crippen molar-refractivity contribution in [2.24, 2.45) is 0 Å². The third kappa shape index (κ3) is 7.20. The van der Waals surface area contributed by atoms with Crippen LogP contribution in [0.5, 0.6) is 0 Å². The molecule has 0 aliphatic heterocycles. The number of hydrogen-bond donors (Lipinski definition) is 1. The Labute approximate surface area is 159 Å². The molecule has 0 saturated carbocycles. The highest BCUT2D eigenvalue weighted by Gasteiger charge is 2.13. The normalized spacial score (nSPS) is 12.2. The van der Waals surface area contributed by atoms with Gasteiger partial charge in [-0.3, -0.25) is 4.79 Å². The number of unbranched alkanes of at least 4 members (excludes halogenated alkanes) is 1. The van der Waals surface area contributed by atoms with Gasteiger partial charge in [0, 0.05) is 27.1 Å². The Morgan fingerprint density at radius 3 is 2.27 bits per heavy atom. The number of carbonyl (C=O) groups excluding carboxylic acids is 1. The Kier molecular flexibility index (Phi) is 8.68. The average molecular weight is 373 g/mol. The molecule has 2 aromatic carbocycles. The molecule has 0 heterocycles. The van der Waals surface area contributed by atoms with E-state index in [2.05, 4.69) is 17.4 Å². The summed E-state index contributed by atoms with van der Waals surface area (Å²) in [5.41, 5.74) is 2.46. The molecule has 0 aromatic heterocycles. The van der Waals surface area contributed by atoms with Crippen molar-refractivity contribution in [3.05, 3.63) is 65.7 Å². The van der Waals surface area contributed by atoms with Gasteiger partial charge in [0.2, 0.25) is 5.91 Å². The summed E-state index contributed by atoms with van der Waals surface area (Å²) in [4.78, 5) is 12.7. The Bertz CT molecular complexity index is 659.